The number of rotatable bonds is 4. The Labute approximate surface area is 186 Å². The number of aromatic nitrogens is 2. The summed E-state index contributed by atoms with van der Waals surface area (Å²) in [7, 11) is 0. The SMILES string of the molecule is CC[C@@H]1CNCCN1c1cc(C(C)(F)F)cc(-c2ccnc3c2[C@H](C(F)(F)F)OC(=O)N3)n1. The smallest absolute Gasteiger partial charge is 0.430 e. The second-order valence-electron chi connectivity index (χ2n) is 8.02. The molecule has 0 radical (unpaired) electrons. The third-order valence-corrected chi connectivity index (χ3v) is 5.71. The van der Waals surface area contributed by atoms with Crippen molar-refractivity contribution in [3.05, 3.63) is 35.5 Å². The van der Waals surface area contributed by atoms with Gasteiger partial charge in [0.25, 0.3) is 5.92 Å². The number of nitrogens with zero attached hydrogens (tertiary/aromatic N) is 3. The molecule has 0 bridgehead atoms. The van der Waals surface area contributed by atoms with Crippen LogP contribution in [0.3, 0.4) is 0 Å². The molecule has 2 aromatic rings. The summed E-state index contributed by atoms with van der Waals surface area (Å²) in [5.74, 6) is -3.37. The summed E-state index contributed by atoms with van der Waals surface area (Å²) in [4.78, 5) is 21.8. The van der Waals surface area contributed by atoms with E-state index in [1.54, 1.807) is 0 Å². The van der Waals surface area contributed by atoms with Gasteiger partial charge < -0.3 is 15.0 Å². The molecule has 2 atom stereocenters. The van der Waals surface area contributed by atoms with Gasteiger partial charge in [-0.2, -0.15) is 13.2 Å². The first-order chi connectivity index (χ1) is 15.5. The number of ether oxygens (including phenoxy) is 1. The fourth-order valence-electron chi connectivity index (χ4n) is 4.07. The molecule has 2 aliphatic rings. The molecule has 0 spiro atoms. The van der Waals surface area contributed by atoms with E-state index in [0.29, 0.717) is 19.6 Å². The summed E-state index contributed by atoms with van der Waals surface area (Å²) < 4.78 is 74.5. The van der Waals surface area contributed by atoms with Crippen molar-refractivity contribution in [2.75, 3.05) is 29.9 Å². The number of cyclic esters (lactones) is 1. The van der Waals surface area contributed by atoms with Crippen LogP contribution in [-0.2, 0) is 10.7 Å². The molecule has 33 heavy (non-hydrogen) atoms. The van der Waals surface area contributed by atoms with Crippen LogP contribution in [0.25, 0.3) is 11.3 Å². The van der Waals surface area contributed by atoms with Crippen molar-refractivity contribution in [1.29, 1.82) is 0 Å². The van der Waals surface area contributed by atoms with Gasteiger partial charge in [0, 0.05) is 49.9 Å². The average Bonchev–Trinajstić information content (AvgIpc) is 2.76. The molecule has 7 nitrogen and oxygen atoms in total. The van der Waals surface area contributed by atoms with Gasteiger partial charge in [0.1, 0.15) is 11.6 Å². The van der Waals surface area contributed by atoms with Gasteiger partial charge in [0.2, 0.25) is 6.10 Å². The predicted octanol–water partition coefficient (Wildman–Crippen LogP) is 4.61. The molecule has 1 saturated heterocycles. The van der Waals surface area contributed by atoms with E-state index < -0.39 is 29.9 Å². The van der Waals surface area contributed by atoms with Crippen LogP contribution >= 0.6 is 0 Å². The monoisotopic (exact) mass is 471 g/mol. The largest absolute Gasteiger partial charge is 0.431 e. The first kappa shape index (κ1) is 23.1. The van der Waals surface area contributed by atoms with Crippen LogP contribution in [0, 0.1) is 0 Å². The highest BCUT2D eigenvalue weighted by molar-refractivity contribution is 5.89. The molecule has 2 aliphatic heterocycles. The van der Waals surface area contributed by atoms with Gasteiger partial charge in [-0.1, -0.05) is 6.92 Å². The predicted molar refractivity (Wildman–Crippen MR) is 110 cm³/mol. The lowest BCUT2D eigenvalue weighted by molar-refractivity contribution is -0.206. The lowest BCUT2D eigenvalue weighted by Gasteiger charge is -2.37. The molecule has 0 aromatic carbocycles. The molecule has 4 rings (SSSR count). The molecular weight excluding hydrogens is 449 g/mol. The lowest BCUT2D eigenvalue weighted by atomic mass is 9.97. The summed E-state index contributed by atoms with van der Waals surface area (Å²) in [6.07, 6.45) is -6.94. The number of carbonyl (C=O) groups is 1. The first-order valence-corrected chi connectivity index (χ1v) is 10.4. The Balaban J connectivity index is 1.91. The summed E-state index contributed by atoms with van der Waals surface area (Å²) >= 11 is 0. The van der Waals surface area contributed by atoms with E-state index in [0.717, 1.165) is 19.4 Å². The van der Waals surface area contributed by atoms with Crippen molar-refractivity contribution in [2.45, 2.75) is 44.5 Å². The number of nitrogens with one attached hydrogen (secondary N) is 2. The topological polar surface area (TPSA) is 79.4 Å². The number of carbonyl (C=O) groups excluding carboxylic acids is 1. The van der Waals surface area contributed by atoms with Crippen LogP contribution in [0.4, 0.5) is 38.4 Å². The van der Waals surface area contributed by atoms with Crippen LogP contribution in [0.2, 0.25) is 0 Å². The van der Waals surface area contributed by atoms with E-state index in [1.165, 1.54) is 18.3 Å². The maximum absolute atomic E-state index is 14.4. The first-order valence-electron chi connectivity index (χ1n) is 10.4. The highest BCUT2D eigenvalue weighted by Gasteiger charge is 2.49. The van der Waals surface area contributed by atoms with E-state index in [4.69, 9.17) is 0 Å². The van der Waals surface area contributed by atoms with Crippen molar-refractivity contribution in [1.82, 2.24) is 15.3 Å². The number of amides is 1. The Morgan fingerprint density at radius 2 is 2.00 bits per heavy atom. The average molecular weight is 471 g/mol. The van der Waals surface area contributed by atoms with Crippen molar-refractivity contribution >= 4 is 17.7 Å². The van der Waals surface area contributed by atoms with Crippen molar-refractivity contribution < 1.29 is 31.5 Å². The number of anilines is 2. The lowest BCUT2D eigenvalue weighted by Crippen LogP contribution is -2.51. The molecule has 0 unspecified atom stereocenters. The molecule has 4 heterocycles. The van der Waals surface area contributed by atoms with Crippen LogP contribution < -0.4 is 15.5 Å². The molecule has 12 heteroatoms. The van der Waals surface area contributed by atoms with Gasteiger partial charge in [-0.25, -0.2) is 23.5 Å². The van der Waals surface area contributed by atoms with E-state index in [1.807, 2.05) is 11.8 Å². The maximum Gasteiger partial charge on any atom is 0.430 e. The molecule has 1 fully saturated rings. The maximum atomic E-state index is 14.4. The highest BCUT2D eigenvalue weighted by atomic mass is 19.4. The normalized spacial score (nSPS) is 21.3. The minimum atomic E-state index is -4.94. The van der Waals surface area contributed by atoms with Gasteiger partial charge in [-0.05, 0) is 24.6 Å². The Kier molecular flexibility index (Phi) is 5.89. The quantitative estimate of drug-likeness (QED) is 0.635. The number of piperazine rings is 1. The van der Waals surface area contributed by atoms with Crippen molar-refractivity contribution in [2.24, 2.45) is 0 Å². The number of alkyl halides is 5. The zero-order valence-corrected chi connectivity index (χ0v) is 17.8. The van der Waals surface area contributed by atoms with Crippen LogP contribution in [0.5, 0.6) is 0 Å². The molecule has 2 aromatic heterocycles. The third kappa shape index (κ3) is 4.56. The summed E-state index contributed by atoms with van der Waals surface area (Å²) in [5.41, 5.74) is -1.05. The standard InChI is InChI=1S/C21H22F5N5O2/c1-3-12-10-27-6-7-31(12)15-9-11(20(2,22)23)8-14(29-15)13-4-5-28-18-16(13)17(21(24,25)26)33-19(32)30-18/h4-5,8-9,12,17,27H,3,6-7,10H2,1-2H3,(H,28,30,32)/t12-,17-/m1/s1. The molecule has 1 amide bonds. The van der Waals surface area contributed by atoms with Gasteiger partial charge in [0.05, 0.1) is 11.3 Å². The Hall–Kier alpha value is -3.02. The van der Waals surface area contributed by atoms with Gasteiger partial charge >= 0.3 is 12.3 Å². The van der Waals surface area contributed by atoms with E-state index in [-0.39, 0.29) is 34.5 Å². The number of hydrogen-bond donors (Lipinski definition) is 2. The number of halogens is 5. The minimum Gasteiger partial charge on any atom is -0.431 e. The van der Waals surface area contributed by atoms with Crippen LogP contribution in [0.1, 0.15) is 37.5 Å². The molecule has 2 N–H and O–H groups in total. The van der Waals surface area contributed by atoms with E-state index in [2.05, 4.69) is 25.3 Å². The van der Waals surface area contributed by atoms with E-state index >= 15 is 0 Å². The number of fused-ring (bicyclic) bond motifs is 1. The highest BCUT2D eigenvalue weighted by Crippen LogP contribution is 2.46. The fraction of sp³-hybridized carbons (Fsp3) is 0.476. The molecule has 178 valence electrons. The second-order valence-corrected chi connectivity index (χ2v) is 8.02. The summed E-state index contributed by atoms with van der Waals surface area (Å²) in [6.45, 7) is 4.41. The van der Waals surface area contributed by atoms with Gasteiger partial charge in [0.15, 0.2) is 0 Å². The van der Waals surface area contributed by atoms with Crippen molar-refractivity contribution in [3.63, 3.8) is 0 Å². The van der Waals surface area contributed by atoms with Gasteiger partial charge in [-0.3, -0.25) is 5.32 Å². The minimum absolute atomic E-state index is 0.0169. The number of hydrogen-bond acceptors (Lipinski definition) is 6. The molecule has 0 aliphatic carbocycles. The molecular formula is C21H22F5N5O2. The zero-order chi connectivity index (χ0) is 24.0. The fourth-order valence-corrected chi connectivity index (χ4v) is 4.07. The Morgan fingerprint density at radius 3 is 2.67 bits per heavy atom. The van der Waals surface area contributed by atoms with Gasteiger partial charge in [-0.15, -0.1) is 0 Å². The van der Waals surface area contributed by atoms with Crippen molar-refractivity contribution in [3.8, 4) is 11.3 Å². The van der Waals surface area contributed by atoms with Crippen LogP contribution in [0.15, 0.2) is 24.4 Å². The Morgan fingerprint density at radius 1 is 1.24 bits per heavy atom. The zero-order valence-electron chi connectivity index (χ0n) is 17.8. The van der Waals surface area contributed by atoms with E-state index in [9.17, 15) is 26.7 Å². The third-order valence-electron chi connectivity index (χ3n) is 5.71. The Bertz CT molecular complexity index is 1060. The number of pyridine rings is 2. The summed E-state index contributed by atoms with van der Waals surface area (Å²) in [5, 5.41) is 5.38. The second kappa shape index (κ2) is 8.40. The summed E-state index contributed by atoms with van der Waals surface area (Å²) in [6, 6.07) is 3.56. The molecule has 0 saturated carbocycles. The van der Waals surface area contributed by atoms with Crippen LogP contribution in [-0.4, -0.2) is 47.9 Å².